The Bertz CT molecular complexity index is 465. The Balaban J connectivity index is 2.94. The van der Waals surface area contributed by atoms with Gasteiger partial charge in [-0.1, -0.05) is 11.6 Å². The molecule has 0 saturated carbocycles. The van der Waals surface area contributed by atoms with Crippen molar-refractivity contribution < 1.29 is 18.7 Å². The zero-order valence-corrected chi connectivity index (χ0v) is 8.72. The van der Waals surface area contributed by atoms with Crippen LogP contribution in [0.1, 0.15) is 6.92 Å². The first kappa shape index (κ1) is 12.3. The van der Waals surface area contributed by atoms with Gasteiger partial charge in [0.25, 0.3) is 0 Å². The Morgan fingerprint density at radius 2 is 2.25 bits per heavy atom. The number of anilines is 1. The number of carboxylic acids is 1. The number of rotatable bonds is 3. The number of carboxylic acid groups (broad SMARTS) is 1. The number of halogens is 3. The largest absolute Gasteiger partial charge is 0.477 e. The van der Waals surface area contributed by atoms with Crippen LogP contribution in [0.2, 0.25) is 5.02 Å². The highest BCUT2D eigenvalue weighted by molar-refractivity contribution is 6.34. The molecule has 0 atom stereocenters. The fourth-order valence-corrected chi connectivity index (χ4v) is 0.845. The molecule has 0 aliphatic carbocycles. The molecule has 0 fully saturated rings. The van der Waals surface area contributed by atoms with E-state index in [0.29, 0.717) is 6.07 Å². The smallest absolute Gasteiger partial charge is 0.351 e. The van der Waals surface area contributed by atoms with Gasteiger partial charge in [0, 0.05) is 6.07 Å². The van der Waals surface area contributed by atoms with Gasteiger partial charge in [0.1, 0.15) is 5.71 Å². The molecule has 0 aliphatic rings. The van der Waals surface area contributed by atoms with Gasteiger partial charge in [0.05, 0.1) is 5.02 Å². The van der Waals surface area contributed by atoms with Crippen LogP contribution in [0.25, 0.3) is 0 Å². The molecule has 0 unspecified atom stereocenters. The summed E-state index contributed by atoms with van der Waals surface area (Å²) in [6.45, 7) is 1.18. The lowest BCUT2D eigenvalue weighted by atomic mass is 10.4. The number of carbonyl (C=O) groups is 1. The Morgan fingerprint density at radius 1 is 1.62 bits per heavy atom. The van der Waals surface area contributed by atoms with E-state index in [1.807, 2.05) is 5.43 Å². The first-order valence-corrected chi connectivity index (χ1v) is 4.34. The zero-order valence-electron chi connectivity index (χ0n) is 7.96. The maximum Gasteiger partial charge on any atom is 0.351 e. The lowest BCUT2D eigenvalue weighted by Crippen LogP contribution is -2.11. The van der Waals surface area contributed by atoms with Gasteiger partial charge in [-0.05, 0) is 6.92 Å². The summed E-state index contributed by atoms with van der Waals surface area (Å²) in [6, 6.07) is 0.706. The maximum absolute atomic E-state index is 13.1. The third-order valence-electron chi connectivity index (χ3n) is 1.53. The highest BCUT2D eigenvalue weighted by Crippen LogP contribution is 2.19. The summed E-state index contributed by atoms with van der Waals surface area (Å²) in [5.41, 5.74) is 1.66. The summed E-state index contributed by atoms with van der Waals surface area (Å²) < 4.78 is 25.9. The number of nitrogens with zero attached hydrogens (tertiary/aromatic N) is 2. The minimum absolute atomic E-state index is 0.323. The van der Waals surface area contributed by atoms with E-state index >= 15 is 0 Å². The summed E-state index contributed by atoms with van der Waals surface area (Å²) in [7, 11) is 0. The van der Waals surface area contributed by atoms with Crippen molar-refractivity contribution in [3.63, 3.8) is 0 Å². The van der Waals surface area contributed by atoms with Gasteiger partial charge < -0.3 is 5.11 Å². The Kier molecular flexibility index (Phi) is 3.73. The van der Waals surface area contributed by atoms with Gasteiger partial charge in [-0.3, -0.25) is 5.43 Å². The molecule has 0 radical (unpaired) electrons. The van der Waals surface area contributed by atoms with E-state index in [1.54, 1.807) is 0 Å². The minimum atomic E-state index is -1.29. The molecule has 0 spiro atoms. The molecule has 2 N–H and O–H groups in total. The van der Waals surface area contributed by atoms with Crippen LogP contribution in [0.4, 0.5) is 14.6 Å². The summed E-state index contributed by atoms with van der Waals surface area (Å²) >= 11 is 5.26. The monoisotopic (exact) mass is 249 g/mol. The Labute approximate surface area is 93.8 Å². The van der Waals surface area contributed by atoms with Crippen molar-refractivity contribution in [3.8, 4) is 0 Å². The van der Waals surface area contributed by atoms with E-state index in [9.17, 15) is 13.6 Å². The van der Waals surface area contributed by atoms with Gasteiger partial charge in [-0.2, -0.15) is 14.5 Å². The predicted molar refractivity (Wildman–Crippen MR) is 53.5 cm³/mol. The number of nitrogens with one attached hydrogen (secondary N) is 1. The second-order valence-electron chi connectivity index (χ2n) is 2.71. The van der Waals surface area contributed by atoms with Crippen LogP contribution in [-0.2, 0) is 4.79 Å². The Morgan fingerprint density at radius 3 is 2.81 bits per heavy atom. The van der Waals surface area contributed by atoms with Crippen LogP contribution < -0.4 is 5.43 Å². The maximum atomic E-state index is 13.1. The van der Waals surface area contributed by atoms with E-state index < -0.39 is 28.6 Å². The first-order valence-electron chi connectivity index (χ1n) is 3.97. The molecule has 1 heterocycles. The summed E-state index contributed by atoms with van der Waals surface area (Å²) in [4.78, 5) is 13.5. The van der Waals surface area contributed by atoms with Gasteiger partial charge in [0.15, 0.2) is 11.6 Å². The van der Waals surface area contributed by atoms with Crippen LogP contribution in [-0.4, -0.2) is 21.8 Å². The molecule has 0 bridgehead atoms. The number of hydrazone groups is 1. The van der Waals surface area contributed by atoms with Crippen molar-refractivity contribution in [2.75, 3.05) is 5.43 Å². The molecule has 0 aromatic carbocycles. The summed E-state index contributed by atoms with van der Waals surface area (Å²) in [5.74, 6) is -3.84. The van der Waals surface area contributed by atoms with E-state index in [4.69, 9.17) is 16.7 Å². The van der Waals surface area contributed by atoms with E-state index in [2.05, 4.69) is 10.1 Å². The van der Waals surface area contributed by atoms with E-state index in [0.717, 1.165) is 0 Å². The van der Waals surface area contributed by atoms with Crippen LogP contribution in [0.3, 0.4) is 0 Å². The molecule has 1 rings (SSSR count). The Hall–Kier alpha value is -1.76. The van der Waals surface area contributed by atoms with Crippen LogP contribution >= 0.6 is 11.6 Å². The number of aliphatic carboxylic acids is 1. The second kappa shape index (κ2) is 4.84. The van der Waals surface area contributed by atoms with Crippen molar-refractivity contribution in [3.05, 3.63) is 22.9 Å². The van der Waals surface area contributed by atoms with E-state index in [1.165, 1.54) is 6.92 Å². The molecule has 0 aliphatic heterocycles. The standard InChI is InChI=1S/C8H6ClF2N3O2/c1-3(8(15)16)13-14-7-5(10)2-4(9)6(11)12-7/h2H,1H3,(H,12,14)(H,15,16)/b13-3+. The van der Waals surface area contributed by atoms with Gasteiger partial charge in [-0.25, -0.2) is 9.18 Å². The molecular weight excluding hydrogens is 244 g/mol. The van der Waals surface area contributed by atoms with Crippen molar-refractivity contribution in [2.24, 2.45) is 5.10 Å². The molecule has 16 heavy (non-hydrogen) atoms. The summed E-state index contributed by atoms with van der Waals surface area (Å²) in [5, 5.41) is 11.3. The van der Waals surface area contributed by atoms with Crippen molar-refractivity contribution in [1.82, 2.24) is 4.98 Å². The molecule has 1 aromatic rings. The fraction of sp³-hybridized carbons (Fsp3) is 0.125. The van der Waals surface area contributed by atoms with Crippen LogP contribution in [0, 0.1) is 11.8 Å². The van der Waals surface area contributed by atoms with Gasteiger partial charge in [-0.15, -0.1) is 0 Å². The average molecular weight is 250 g/mol. The van der Waals surface area contributed by atoms with E-state index in [-0.39, 0.29) is 5.71 Å². The molecule has 1 aromatic heterocycles. The second-order valence-corrected chi connectivity index (χ2v) is 3.11. The lowest BCUT2D eigenvalue weighted by Gasteiger charge is -2.02. The predicted octanol–water partition coefficient (Wildman–Crippen LogP) is 1.89. The molecular formula is C8H6ClF2N3O2. The quantitative estimate of drug-likeness (QED) is 0.487. The average Bonchev–Trinajstić information content (AvgIpc) is 2.20. The molecule has 0 saturated heterocycles. The highest BCUT2D eigenvalue weighted by Gasteiger charge is 2.10. The number of hydrogen-bond acceptors (Lipinski definition) is 4. The molecule has 5 nitrogen and oxygen atoms in total. The number of aromatic nitrogens is 1. The fourth-order valence-electron chi connectivity index (χ4n) is 0.707. The highest BCUT2D eigenvalue weighted by atomic mass is 35.5. The SMILES string of the molecule is C/C(=N\Nc1nc(F)c(Cl)cc1F)C(=O)O. The third kappa shape index (κ3) is 2.86. The minimum Gasteiger partial charge on any atom is -0.477 e. The van der Waals surface area contributed by atoms with Gasteiger partial charge >= 0.3 is 5.97 Å². The molecule has 0 amide bonds. The molecule has 8 heteroatoms. The van der Waals surface area contributed by atoms with Crippen molar-refractivity contribution >= 4 is 29.1 Å². The van der Waals surface area contributed by atoms with Crippen molar-refractivity contribution in [2.45, 2.75) is 6.92 Å². The third-order valence-corrected chi connectivity index (χ3v) is 1.79. The molecule has 86 valence electrons. The topological polar surface area (TPSA) is 74.6 Å². The lowest BCUT2D eigenvalue weighted by molar-refractivity contribution is -0.129. The number of hydrogen-bond donors (Lipinski definition) is 2. The van der Waals surface area contributed by atoms with Gasteiger partial charge in [0.2, 0.25) is 5.95 Å². The first-order chi connectivity index (χ1) is 7.41. The van der Waals surface area contributed by atoms with Crippen LogP contribution in [0.5, 0.6) is 0 Å². The summed E-state index contributed by atoms with van der Waals surface area (Å²) in [6.07, 6.45) is 0. The number of pyridine rings is 1. The van der Waals surface area contributed by atoms with Crippen LogP contribution in [0.15, 0.2) is 11.2 Å². The zero-order chi connectivity index (χ0) is 12.3. The normalized spacial score (nSPS) is 11.4. The van der Waals surface area contributed by atoms with Crippen molar-refractivity contribution in [1.29, 1.82) is 0 Å².